The first-order valence-corrected chi connectivity index (χ1v) is 18.9. The molecule has 3 fully saturated rings. The van der Waals surface area contributed by atoms with E-state index in [-0.39, 0.29) is 77.7 Å². The number of pyridine rings is 1. The topological polar surface area (TPSA) is 150 Å². The number of piperazine rings is 1. The van der Waals surface area contributed by atoms with Crippen LogP contribution in [0.1, 0.15) is 54.2 Å². The fourth-order valence-electron chi connectivity index (χ4n) is 8.08. The molecule has 1 spiro atoms. The molecule has 294 valence electrons. The normalized spacial score (nSPS) is 17.3. The zero-order valence-electron chi connectivity index (χ0n) is 30.5. The standard InChI is InChI=1S/C38H39ClF3N9O5/c1-2-27-32(47-16-18-48(19-17-47)33(54)30-28(52)9-6-23-5-3-13-43-31(23)30)34(55)51-36(45-35(46-51)49-14-11-37(12-15-49)10-4-20-56-37)50(27)22-29(53)44-26-8-7-24(21-25(26)39)38(40,41)42/h3,5-9,13,21,52H,2,4,10-12,14-20,22H2,1H3,(H,44,53). The quantitative estimate of drug-likeness (QED) is 0.227. The van der Waals surface area contributed by atoms with Crippen LogP contribution in [0, 0.1) is 0 Å². The molecule has 0 unspecified atom stereocenters. The van der Waals surface area contributed by atoms with Gasteiger partial charge in [-0.25, -0.2) is 0 Å². The molecule has 5 aromatic rings. The van der Waals surface area contributed by atoms with Crippen LogP contribution in [0.5, 0.6) is 5.75 Å². The van der Waals surface area contributed by atoms with E-state index in [1.54, 1.807) is 27.8 Å². The number of amides is 2. The van der Waals surface area contributed by atoms with Gasteiger partial charge in [0.2, 0.25) is 17.6 Å². The number of anilines is 3. The Morgan fingerprint density at radius 1 is 1.02 bits per heavy atom. The Hall–Kier alpha value is -5.42. The summed E-state index contributed by atoms with van der Waals surface area (Å²) in [6.07, 6.45) is 0.816. The summed E-state index contributed by atoms with van der Waals surface area (Å²) in [5, 5.41) is 18.4. The van der Waals surface area contributed by atoms with E-state index in [9.17, 15) is 32.7 Å². The number of carbonyl (C=O) groups is 2. The van der Waals surface area contributed by atoms with Crippen molar-refractivity contribution >= 4 is 57.4 Å². The Kier molecular flexibility index (Phi) is 9.76. The molecular weight excluding hydrogens is 755 g/mol. The van der Waals surface area contributed by atoms with Gasteiger partial charge in [0.05, 0.1) is 33.1 Å². The number of benzene rings is 2. The number of nitrogens with zero attached hydrogens (tertiary/aromatic N) is 8. The smallest absolute Gasteiger partial charge is 0.416 e. The molecule has 18 heteroatoms. The number of aromatic hydroxyl groups is 1. The van der Waals surface area contributed by atoms with Crippen molar-refractivity contribution in [3.8, 4) is 5.75 Å². The van der Waals surface area contributed by atoms with E-state index in [1.165, 1.54) is 10.6 Å². The first-order chi connectivity index (χ1) is 26.9. The predicted octanol–water partition coefficient (Wildman–Crippen LogP) is 5.13. The van der Waals surface area contributed by atoms with Crippen LogP contribution >= 0.6 is 11.6 Å². The van der Waals surface area contributed by atoms with Gasteiger partial charge in [0, 0.05) is 57.5 Å². The number of halogens is 4. The molecule has 14 nitrogen and oxygen atoms in total. The van der Waals surface area contributed by atoms with Gasteiger partial charge in [-0.1, -0.05) is 24.6 Å². The summed E-state index contributed by atoms with van der Waals surface area (Å²) < 4.78 is 48.8. The first-order valence-electron chi connectivity index (χ1n) is 18.5. The van der Waals surface area contributed by atoms with E-state index >= 15 is 0 Å². The number of fused-ring (bicyclic) bond motifs is 2. The van der Waals surface area contributed by atoms with Crippen LogP contribution < -0.4 is 20.7 Å². The van der Waals surface area contributed by atoms with Crippen LogP contribution in [-0.2, 0) is 28.7 Å². The molecule has 0 saturated carbocycles. The Morgan fingerprint density at radius 3 is 2.46 bits per heavy atom. The van der Waals surface area contributed by atoms with E-state index < -0.39 is 23.2 Å². The summed E-state index contributed by atoms with van der Waals surface area (Å²) in [6.45, 7) is 4.38. The number of carbonyl (C=O) groups excluding carboxylic acids is 2. The third-order valence-corrected chi connectivity index (χ3v) is 11.3. The Morgan fingerprint density at radius 2 is 1.79 bits per heavy atom. The number of ether oxygens (including phenoxy) is 1. The number of phenolic OH excluding ortho intramolecular Hbond substituents is 1. The van der Waals surface area contributed by atoms with E-state index in [2.05, 4.69) is 15.4 Å². The van der Waals surface area contributed by atoms with Crippen molar-refractivity contribution in [1.29, 1.82) is 0 Å². The summed E-state index contributed by atoms with van der Waals surface area (Å²) in [5.74, 6) is -0.722. The second-order valence-corrected chi connectivity index (χ2v) is 14.7. The lowest BCUT2D eigenvalue weighted by atomic mass is 9.89. The Labute approximate surface area is 323 Å². The number of rotatable bonds is 7. The molecule has 8 rings (SSSR count). The van der Waals surface area contributed by atoms with Gasteiger partial charge in [0.1, 0.15) is 23.5 Å². The lowest BCUT2D eigenvalue weighted by Gasteiger charge is -2.38. The van der Waals surface area contributed by atoms with Crippen molar-refractivity contribution in [1.82, 2.24) is 29.0 Å². The number of alkyl halides is 3. The molecule has 2 N–H and O–H groups in total. The van der Waals surface area contributed by atoms with Gasteiger partial charge in [-0.05, 0) is 68.5 Å². The van der Waals surface area contributed by atoms with Crippen molar-refractivity contribution in [2.24, 2.45) is 0 Å². The molecule has 0 radical (unpaired) electrons. The number of piperidine rings is 1. The highest BCUT2D eigenvalue weighted by atomic mass is 35.5. The van der Waals surface area contributed by atoms with Crippen molar-refractivity contribution in [3.63, 3.8) is 0 Å². The third kappa shape index (κ3) is 6.86. The zero-order valence-corrected chi connectivity index (χ0v) is 31.2. The molecule has 3 aliphatic rings. The van der Waals surface area contributed by atoms with E-state index in [0.29, 0.717) is 42.1 Å². The maximum atomic E-state index is 14.5. The zero-order chi connectivity index (χ0) is 39.4. The summed E-state index contributed by atoms with van der Waals surface area (Å²) in [4.78, 5) is 56.5. The van der Waals surface area contributed by atoms with Gasteiger partial charge in [-0.2, -0.15) is 22.7 Å². The molecular formula is C38H39ClF3N9O5. The minimum atomic E-state index is -4.61. The summed E-state index contributed by atoms with van der Waals surface area (Å²) in [7, 11) is 0. The second-order valence-electron chi connectivity index (χ2n) is 14.3. The fraction of sp³-hybridized carbons (Fsp3) is 0.421. The third-order valence-electron chi connectivity index (χ3n) is 11.0. The minimum absolute atomic E-state index is 0.00763. The number of nitrogens with one attached hydrogen (secondary N) is 1. The fourth-order valence-corrected chi connectivity index (χ4v) is 8.31. The summed E-state index contributed by atoms with van der Waals surface area (Å²) in [6, 6.07) is 9.40. The van der Waals surface area contributed by atoms with Crippen molar-refractivity contribution < 1.29 is 32.6 Å². The monoisotopic (exact) mass is 793 g/mol. The van der Waals surface area contributed by atoms with Crippen LogP contribution in [0.2, 0.25) is 5.02 Å². The van der Waals surface area contributed by atoms with Gasteiger partial charge in [-0.15, -0.1) is 5.10 Å². The first kappa shape index (κ1) is 37.5. The lowest BCUT2D eigenvalue weighted by molar-refractivity contribution is -0.137. The highest BCUT2D eigenvalue weighted by Crippen LogP contribution is 2.37. The Balaban J connectivity index is 1.12. The molecule has 6 heterocycles. The number of phenols is 1. The maximum Gasteiger partial charge on any atom is 0.416 e. The van der Waals surface area contributed by atoms with E-state index in [0.717, 1.165) is 50.5 Å². The SMILES string of the molecule is CCc1c(N2CCN(C(=O)c3c(O)ccc4cccnc34)CC2)c(=O)n2nc(N3CCC4(CCCO4)CC3)nc2n1CC(=O)Nc1ccc(C(F)(F)F)cc1Cl. The van der Waals surface area contributed by atoms with Gasteiger partial charge in [0.25, 0.3) is 11.5 Å². The molecule has 0 aliphatic carbocycles. The van der Waals surface area contributed by atoms with Gasteiger partial charge in [0.15, 0.2) is 0 Å². The molecule has 3 aromatic heterocycles. The highest BCUT2D eigenvalue weighted by molar-refractivity contribution is 6.33. The highest BCUT2D eigenvalue weighted by Gasteiger charge is 2.39. The van der Waals surface area contributed by atoms with Crippen molar-refractivity contribution in [2.45, 2.75) is 57.3 Å². The Bertz CT molecular complexity index is 2390. The van der Waals surface area contributed by atoms with Crippen LogP contribution in [-0.4, -0.2) is 97.4 Å². The number of aromatic nitrogens is 5. The minimum Gasteiger partial charge on any atom is -0.507 e. The van der Waals surface area contributed by atoms with Crippen LogP contribution in [0.4, 0.5) is 30.5 Å². The summed E-state index contributed by atoms with van der Waals surface area (Å²) >= 11 is 6.17. The van der Waals surface area contributed by atoms with Gasteiger partial charge >= 0.3 is 6.18 Å². The average Bonchev–Trinajstić information content (AvgIpc) is 3.84. The molecule has 56 heavy (non-hydrogen) atoms. The number of hydrogen-bond donors (Lipinski definition) is 2. The molecule has 2 aromatic carbocycles. The lowest BCUT2D eigenvalue weighted by Crippen LogP contribution is -2.51. The van der Waals surface area contributed by atoms with Crippen LogP contribution in [0.15, 0.2) is 53.5 Å². The maximum absolute atomic E-state index is 14.5. The van der Waals surface area contributed by atoms with Crippen molar-refractivity contribution in [2.75, 3.05) is 61.0 Å². The van der Waals surface area contributed by atoms with Crippen LogP contribution in [0.25, 0.3) is 16.7 Å². The largest absolute Gasteiger partial charge is 0.507 e. The molecule has 0 atom stereocenters. The van der Waals surface area contributed by atoms with Gasteiger partial charge < -0.3 is 34.4 Å². The number of hydrogen-bond acceptors (Lipinski definition) is 10. The van der Waals surface area contributed by atoms with E-state index in [1.807, 2.05) is 22.8 Å². The van der Waals surface area contributed by atoms with Gasteiger partial charge in [-0.3, -0.25) is 19.4 Å². The molecule has 3 aliphatic heterocycles. The molecule has 0 bridgehead atoms. The van der Waals surface area contributed by atoms with Crippen molar-refractivity contribution in [3.05, 3.63) is 80.9 Å². The molecule has 2 amide bonds. The van der Waals surface area contributed by atoms with Crippen LogP contribution in [0.3, 0.4) is 0 Å². The van der Waals surface area contributed by atoms with E-state index in [4.69, 9.17) is 21.3 Å². The second kappa shape index (κ2) is 14.6. The molecule has 3 saturated heterocycles. The summed E-state index contributed by atoms with van der Waals surface area (Å²) in [5.41, 5.74) is -0.296. The predicted molar refractivity (Wildman–Crippen MR) is 203 cm³/mol. The average molecular weight is 794 g/mol.